The summed E-state index contributed by atoms with van der Waals surface area (Å²) in [6.45, 7) is 3.15. The Balaban J connectivity index is 1.37. The lowest BCUT2D eigenvalue weighted by molar-refractivity contribution is 0.598. The Kier molecular flexibility index (Phi) is 6.12. The number of hydrogen-bond acceptors (Lipinski definition) is 9. The Bertz CT molecular complexity index is 1910. The summed E-state index contributed by atoms with van der Waals surface area (Å²) >= 11 is 6.11. The topological polar surface area (TPSA) is 182 Å². The first kappa shape index (κ1) is 25.6. The average Bonchev–Trinajstić information content (AvgIpc) is 3.48. The number of nitrogens with zero attached hydrogens (tertiary/aromatic N) is 7. The molecule has 38 heavy (non-hydrogen) atoms. The van der Waals surface area contributed by atoms with Crippen molar-refractivity contribution in [3.63, 3.8) is 0 Å². The maximum absolute atomic E-state index is 12.8. The molecule has 0 aliphatic rings. The van der Waals surface area contributed by atoms with Crippen LogP contribution < -0.4 is 9.44 Å². The fourth-order valence-electron chi connectivity index (χ4n) is 3.87. The second-order valence-electron chi connectivity index (χ2n) is 8.39. The number of H-pyrrole nitrogens is 1. The zero-order chi connectivity index (χ0) is 27.4. The van der Waals surface area contributed by atoms with Crippen LogP contribution in [-0.2, 0) is 34.1 Å². The van der Waals surface area contributed by atoms with E-state index in [0.717, 1.165) is 0 Å². The summed E-state index contributed by atoms with van der Waals surface area (Å²) in [5, 5.41) is 14.8. The van der Waals surface area contributed by atoms with Gasteiger partial charge in [-0.2, -0.15) is 15.3 Å². The van der Waals surface area contributed by atoms with E-state index >= 15 is 0 Å². The minimum atomic E-state index is -3.96. The van der Waals surface area contributed by atoms with E-state index in [2.05, 4.69) is 39.8 Å². The highest BCUT2D eigenvalue weighted by molar-refractivity contribution is 7.93. The summed E-state index contributed by atoms with van der Waals surface area (Å²) < 4.78 is 58.9. The van der Waals surface area contributed by atoms with Crippen LogP contribution in [0.25, 0.3) is 22.4 Å². The third kappa shape index (κ3) is 4.57. The summed E-state index contributed by atoms with van der Waals surface area (Å²) in [6.07, 6.45) is 2.86. The van der Waals surface area contributed by atoms with Gasteiger partial charge in [-0.05, 0) is 26.0 Å². The number of fused-ring (bicyclic) bond motifs is 1. The van der Waals surface area contributed by atoms with Crippen molar-refractivity contribution >= 4 is 54.3 Å². The average molecular weight is 577 g/mol. The highest BCUT2D eigenvalue weighted by Crippen LogP contribution is 2.28. The number of halogens is 1. The third-order valence-electron chi connectivity index (χ3n) is 5.56. The van der Waals surface area contributed by atoms with E-state index in [-0.39, 0.29) is 37.6 Å². The molecule has 0 saturated heterocycles. The van der Waals surface area contributed by atoms with Crippen molar-refractivity contribution < 1.29 is 16.8 Å². The van der Waals surface area contributed by atoms with E-state index < -0.39 is 20.0 Å². The van der Waals surface area contributed by atoms with Crippen molar-refractivity contribution in [1.82, 2.24) is 39.7 Å². The van der Waals surface area contributed by atoms with E-state index in [4.69, 9.17) is 11.6 Å². The van der Waals surface area contributed by atoms with Gasteiger partial charge in [0.05, 0.1) is 23.3 Å². The van der Waals surface area contributed by atoms with E-state index in [1.54, 1.807) is 52.2 Å². The number of benzene rings is 1. The summed E-state index contributed by atoms with van der Waals surface area (Å²) in [7, 11) is -4.72. The van der Waals surface area contributed by atoms with E-state index in [0.29, 0.717) is 22.6 Å². The zero-order valence-electron chi connectivity index (χ0n) is 20.4. The zero-order valence-corrected chi connectivity index (χ0v) is 22.8. The lowest BCUT2D eigenvalue weighted by Crippen LogP contribution is -2.14. The largest absolute Gasteiger partial charge is 0.279 e. The predicted octanol–water partition coefficient (Wildman–Crippen LogP) is 2.36. The summed E-state index contributed by atoms with van der Waals surface area (Å²) in [4.78, 5) is 8.73. The lowest BCUT2D eigenvalue weighted by Gasteiger charge is -2.09. The molecule has 5 rings (SSSR count). The summed E-state index contributed by atoms with van der Waals surface area (Å²) in [5.74, 6) is -0.00332. The smallest absolute Gasteiger partial charge is 0.266 e. The second-order valence-corrected chi connectivity index (χ2v) is 12.0. The van der Waals surface area contributed by atoms with Crippen LogP contribution in [0.2, 0.25) is 5.15 Å². The molecule has 0 radical (unpaired) electrons. The van der Waals surface area contributed by atoms with E-state index in [9.17, 15) is 16.8 Å². The second kappa shape index (κ2) is 9.07. The SMILES string of the molecule is Cc1nn(C)cc1S(=O)(=O)Nc1n[nH]c2nc(-c3ccc(NS(=O)(=O)c4c(C)nn(C)c4Cl)cc3)cnc12. The molecule has 0 fully saturated rings. The van der Waals surface area contributed by atoms with Crippen molar-refractivity contribution in [3.8, 4) is 11.3 Å². The Morgan fingerprint density at radius 1 is 0.947 bits per heavy atom. The van der Waals surface area contributed by atoms with Crippen LogP contribution in [0.3, 0.4) is 0 Å². The van der Waals surface area contributed by atoms with Gasteiger partial charge in [0.1, 0.15) is 14.9 Å². The molecule has 1 aromatic carbocycles. The van der Waals surface area contributed by atoms with E-state index in [1.165, 1.54) is 21.8 Å². The Labute approximate surface area is 222 Å². The fourth-order valence-corrected chi connectivity index (χ4v) is 6.91. The van der Waals surface area contributed by atoms with Gasteiger partial charge < -0.3 is 0 Å². The van der Waals surface area contributed by atoms with Crippen molar-refractivity contribution in [1.29, 1.82) is 0 Å². The maximum Gasteiger partial charge on any atom is 0.266 e. The minimum absolute atomic E-state index is 0.00332. The van der Waals surface area contributed by atoms with Crippen molar-refractivity contribution in [2.75, 3.05) is 9.44 Å². The molecule has 0 bridgehead atoms. The first-order chi connectivity index (χ1) is 17.9. The number of aryl methyl sites for hydroxylation is 4. The summed E-state index contributed by atoms with van der Waals surface area (Å²) in [5.41, 5.74) is 2.52. The molecular formula is C21H21ClN10O4S2. The van der Waals surface area contributed by atoms with Gasteiger partial charge in [0.15, 0.2) is 17.0 Å². The molecule has 4 aromatic heterocycles. The van der Waals surface area contributed by atoms with Gasteiger partial charge in [-0.3, -0.25) is 23.9 Å². The van der Waals surface area contributed by atoms with Gasteiger partial charge in [0, 0.05) is 31.5 Å². The minimum Gasteiger partial charge on any atom is -0.279 e. The highest BCUT2D eigenvalue weighted by atomic mass is 35.5. The van der Waals surface area contributed by atoms with Crippen LogP contribution in [-0.4, -0.2) is 56.6 Å². The molecule has 0 spiro atoms. The number of aromatic amines is 1. The Hall–Kier alpha value is -4.02. The third-order valence-corrected chi connectivity index (χ3v) is 9.08. The Morgan fingerprint density at radius 3 is 2.26 bits per heavy atom. The van der Waals surface area contributed by atoms with Crippen LogP contribution in [0.4, 0.5) is 11.5 Å². The first-order valence-electron chi connectivity index (χ1n) is 10.9. The molecule has 14 nitrogen and oxygen atoms in total. The van der Waals surface area contributed by atoms with Crippen LogP contribution in [0.5, 0.6) is 0 Å². The molecular weight excluding hydrogens is 556 g/mol. The molecule has 0 saturated carbocycles. The van der Waals surface area contributed by atoms with Crippen LogP contribution >= 0.6 is 11.6 Å². The van der Waals surface area contributed by atoms with Crippen LogP contribution in [0, 0.1) is 13.8 Å². The van der Waals surface area contributed by atoms with Gasteiger partial charge in [-0.1, -0.05) is 23.7 Å². The van der Waals surface area contributed by atoms with Gasteiger partial charge in [-0.15, -0.1) is 0 Å². The molecule has 4 heterocycles. The number of anilines is 2. The molecule has 0 aliphatic carbocycles. The van der Waals surface area contributed by atoms with Gasteiger partial charge in [-0.25, -0.2) is 26.8 Å². The standard InChI is InChI=1S/C21H21ClN10O4S2/c1-11-16(10-31(3)27-11)37(33,34)30-21-17-20(25-26-21)24-15(9-23-17)13-5-7-14(8-6-13)29-38(35,36)18-12(2)28-32(4)19(18)22/h5-10,29H,1-4H3,(H2,24,25,26,30). The quantitative estimate of drug-likeness (QED) is 0.262. The predicted molar refractivity (Wildman–Crippen MR) is 140 cm³/mol. The van der Waals surface area contributed by atoms with Crippen molar-refractivity contribution in [3.05, 3.63) is 53.2 Å². The van der Waals surface area contributed by atoms with E-state index in [1.807, 2.05) is 0 Å². The molecule has 5 aromatic rings. The van der Waals surface area contributed by atoms with Gasteiger partial charge in [0.25, 0.3) is 20.0 Å². The molecule has 0 amide bonds. The monoisotopic (exact) mass is 576 g/mol. The molecule has 3 N–H and O–H groups in total. The molecule has 0 atom stereocenters. The maximum atomic E-state index is 12.8. The number of rotatable bonds is 7. The lowest BCUT2D eigenvalue weighted by atomic mass is 10.1. The van der Waals surface area contributed by atoms with Crippen LogP contribution in [0.1, 0.15) is 11.4 Å². The number of sulfonamides is 2. The summed E-state index contributed by atoms with van der Waals surface area (Å²) in [6, 6.07) is 6.47. The van der Waals surface area contributed by atoms with Gasteiger partial charge in [0.2, 0.25) is 0 Å². The number of aromatic nitrogens is 8. The van der Waals surface area contributed by atoms with Crippen molar-refractivity contribution in [2.45, 2.75) is 23.6 Å². The number of hydrogen-bond donors (Lipinski definition) is 3. The fraction of sp³-hybridized carbons (Fsp3) is 0.190. The molecule has 198 valence electrons. The normalized spacial score (nSPS) is 12.2. The molecule has 17 heteroatoms. The van der Waals surface area contributed by atoms with Crippen molar-refractivity contribution in [2.24, 2.45) is 14.1 Å². The molecule has 0 aliphatic heterocycles. The Morgan fingerprint density at radius 2 is 1.66 bits per heavy atom. The number of nitrogens with one attached hydrogen (secondary N) is 3. The van der Waals surface area contributed by atoms with Crippen LogP contribution in [0.15, 0.2) is 46.5 Å². The molecule has 0 unspecified atom stereocenters. The first-order valence-corrected chi connectivity index (χ1v) is 14.3. The highest BCUT2D eigenvalue weighted by Gasteiger charge is 2.26. The van der Waals surface area contributed by atoms with Gasteiger partial charge >= 0.3 is 0 Å².